The zero-order chi connectivity index (χ0) is 13.9. The van der Waals surface area contributed by atoms with E-state index >= 15 is 0 Å². The highest BCUT2D eigenvalue weighted by molar-refractivity contribution is 7.80. The lowest BCUT2D eigenvalue weighted by Crippen LogP contribution is -2.31. The van der Waals surface area contributed by atoms with Gasteiger partial charge < -0.3 is 15.5 Å². The maximum Gasteiger partial charge on any atom is 0.161 e. The smallest absolute Gasteiger partial charge is 0.161 e. The number of hydrogen-bond acceptors (Lipinski definition) is 5. The molecule has 2 N–H and O–H groups in total. The molecule has 0 unspecified atom stereocenters. The van der Waals surface area contributed by atoms with Crippen molar-refractivity contribution in [2.45, 2.75) is 13.8 Å². The van der Waals surface area contributed by atoms with Gasteiger partial charge in [-0.05, 0) is 33.5 Å². The molecule has 1 aromatic rings. The van der Waals surface area contributed by atoms with Crippen LogP contribution in [0.25, 0.3) is 0 Å². The number of nitrogens with zero attached hydrogens (tertiary/aromatic N) is 4. The molecule has 18 heavy (non-hydrogen) atoms. The zero-order valence-corrected chi connectivity index (χ0v) is 12.5. The van der Waals surface area contributed by atoms with Gasteiger partial charge >= 0.3 is 0 Å². The van der Waals surface area contributed by atoms with E-state index in [0.717, 1.165) is 35.7 Å². The number of hydrogen-bond donors (Lipinski definition) is 1. The van der Waals surface area contributed by atoms with Gasteiger partial charge in [-0.25, -0.2) is 0 Å². The van der Waals surface area contributed by atoms with Crippen LogP contribution in [0.5, 0.6) is 0 Å². The van der Waals surface area contributed by atoms with Gasteiger partial charge in [0.25, 0.3) is 0 Å². The Morgan fingerprint density at radius 3 is 2.28 bits per heavy atom. The number of likely N-dealkylation sites (N-methyl/N-ethyl adjacent to an activating group) is 2. The lowest BCUT2D eigenvalue weighted by atomic mass is 10.1. The molecule has 0 aromatic carbocycles. The van der Waals surface area contributed by atoms with Gasteiger partial charge in [0.1, 0.15) is 4.99 Å². The summed E-state index contributed by atoms with van der Waals surface area (Å²) >= 11 is 5.12. The number of aryl methyl sites for hydroxylation is 1. The molecule has 0 fully saturated rings. The Balaban J connectivity index is 3.08. The average molecular weight is 267 g/mol. The molecule has 5 nitrogen and oxygen atoms in total. The predicted molar refractivity (Wildman–Crippen MR) is 79.2 cm³/mol. The van der Waals surface area contributed by atoms with E-state index in [-0.39, 0.29) is 0 Å². The summed E-state index contributed by atoms with van der Waals surface area (Å²) in [7, 11) is 6.05. The largest absolute Gasteiger partial charge is 0.389 e. The highest BCUT2D eigenvalue weighted by atomic mass is 32.1. The quantitative estimate of drug-likeness (QED) is 0.794. The van der Waals surface area contributed by atoms with Crippen LogP contribution in [0.15, 0.2) is 0 Å². The molecule has 0 radical (unpaired) electrons. The summed E-state index contributed by atoms with van der Waals surface area (Å²) < 4.78 is 0. The van der Waals surface area contributed by atoms with Gasteiger partial charge in [-0.3, -0.25) is 0 Å². The third-order valence-corrected chi connectivity index (χ3v) is 3.13. The third-order valence-electron chi connectivity index (χ3n) is 2.93. The minimum absolute atomic E-state index is 0.372. The van der Waals surface area contributed by atoms with Crippen LogP contribution >= 0.6 is 12.2 Å². The van der Waals surface area contributed by atoms with Crippen molar-refractivity contribution in [1.29, 1.82) is 0 Å². The van der Waals surface area contributed by atoms with Gasteiger partial charge in [-0.15, -0.1) is 5.10 Å². The first-order chi connectivity index (χ1) is 8.34. The second-order valence-electron chi connectivity index (χ2n) is 4.70. The molecular weight excluding hydrogens is 246 g/mol. The Morgan fingerprint density at radius 1 is 1.17 bits per heavy atom. The van der Waals surface area contributed by atoms with Gasteiger partial charge in [0.2, 0.25) is 0 Å². The topological polar surface area (TPSA) is 58.3 Å². The number of aromatic nitrogens is 2. The average Bonchev–Trinajstić information content (AvgIpc) is 2.28. The fourth-order valence-corrected chi connectivity index (χ4v) is 1.86. The van der Waals surface area contributed by atoms with Crippen LogP contribution in [0.3, 0.4) is 0 Å². The van der Waals surface area contributed by atoms with Crippen molar-refractivity contribution in [3.63, 3.8) is 0 Å². The summed E-state index contributed by atoms with van der Waals surface area (Å²) in [4.78, 5) is 4.52. The van der Waals surface area contributed by atoms with Crippen molar-refractivity contribution in [3.05, 3.63) is 16.8 Å². The zero-order valence-electron chi connectivity index (χ0n) is 11.7. The molecular formula is C12H21N5S. The monoisotopic (exact) mass is 267 g/mol. The molecule has 100 valence electrons. The van der Waals surface area contributed by atoms with E-state index in [4.69, 9.17) is 18.0 Å². The Bertz CT molecular complexity index is 444. The molecule has 1 rings (SSSR count). The number of anilines is 1. The van der Waals surface area contributed by atoms with Gasteiger partial charge in [-0.1, -0.05) is 12.2 Å². The molecule has 0 atom stereocenters. The van der Waals surface area contributed by atoms with Gasteiger partial charge in [-0.2, -0.15) is 5.10 Å². The van der Waals surface area contributed by atoms with Crippen molar-refractivity contribution >= 4 is 23.0 Å². The fourth-order valence-electron chi connectivity index (χ4n) is 1.61. The molecule has 6 heteroatoms. The lowest BCUT2D eigenvalue weighted by Gasteiger charge is -2.23. The van der Waals surface area contributed by atoms with E-state index < -0.39 is 0 Å². The predicted octanol–water partition coefficient (Wildman–Crippen LogP) is 0.725. The van der Waals surface area contributed by atoms with E-state index in [9.17, 15) is 0 Å². The van der Waals surface area contributed by atoms with E-state index in [1.54, 1.807) is 0 Å². The summed E-state index contributed by atoms with van der Waals surface area (Å²) in [5.74, 6) is 0.757. The normalized spacial score (nSPS) is 10.8. The Morgan fingerprint density at radius 2 is 1.78 bits per heavy atom. The van der Waals surface area contributed by atoms with E-state index in [2.05, 4.69) is 15.1 Å². The number of thiocarbonyl (C=S) groups is 1. The van der Waals surface area contributed by atoms with Crippen LogP contribution < -0.4 is 10.6 Å². The molecule has 1 heterocycles. The van der Waals surface area contributed by atoms with Crippen molar-refractivity contribution in [1.82, 2.24) is 15.1 Å². The van der Waals surface area contributed by atoms with Crippen molar-refractivity contribution in [3.8, 4) is 0 Å². The molecule has 0 saturated heterocycles. The first-order valence-electron chi connectivity index (χ1n) is 5.84. The maximum atomic E-state index is 5.80. The van der Waals surface area contributed by atoms with Crippen LogP contribution in [0.2, 0.25) is 0 Å². The summed E-state index contributed by atoms with van der Waals surface area (Å²) in [6, 6.07) is 0. The van der Waals surface area contributed by atoms with Gasteiger partial charge in [0.15, 0.2) is 5.82 Å². The fraction of sp³-hybridized carbons (Fsp3) is 0.583. The second kappa shape index (κ2) is 6.06. The van der Waals surface area contributed by atoms with Gasteiger partial charge in [0, 0.05) is 20.1 Å². The lowest BCUT2D eigenvalue weighted by molar-refractivity contribution is 0.416. The number of nitrogens with two attached hydrogens (primary N) is 1. The molecule has 0 amide bonds. The van der Waals surface area contributed by atoms with Crippen LogP contribution in [-0.4, -0.2) is 54.3 Å². The summed E-state index contributed by atoms with van der Waals surface area (Å²) in [6.45, 7) is 5.66. The van der Waals surface area contributed by atoms with E-state index in [1.165, 1.54) is 0 Å². The highest BCUT2D eigenvalue weighted by Gasteiger charge is 2.16. The molecule has 0 spiro atoms. The maximum absolute atomic E-state index is 5.80. The molecule has 0 aliphatic rings. The van der Waals surface area contributed by atoms with Crippen LogP contribution in [0, 0.1) is 13.8 Å². The minimum Gasteiger partial charge on any atom is -0.389 e. The summed E-state index contributed by atoms with van der Waals surface area (Å²) in [6.07, 6.45) is 0. The highest BCUT2D eigenvalue weighted by Crippen LogP contribution is 2.20. The van der Waals surface area contributed by atoms with E-state index in [1.807, 2.05) is 39.9 Å². The third kappa shape index (κ3) is 3.36. The molecule has 0 aliphatic heterocycles. The standard InChI is InChI=1S/C12H21N5S/c1-8-9(2)14-15-12(10(8)11(13)18)17(5)7-6-16(3)4/h6-7H2,1-5H3,(H2,13,18). The van der Waals surface area contributed by atoms with E-state index in [0.29, 0.717) is 4.99 Å². The molecule has 0 saturated carbocycles. The van der Waals surface area contributed by atoms with Crippen molar-refractivity contribution < 1.29 is 0 Å². The van der Waals surface area contributed by atoms with Gasteiger partial charge in [0.05, 0.1) is 11.3 Å². The molecule has 0 aliphatic carbocycles. The number of rotatable bonds is 5. The summed E-state index contributed by atoms with van der Waals surface area (Å²) in [5.41, 5.74) is 8.50. The molecule has 0 bridgehead atoms. The van der Waals surface area contributed by atoms with Crippen molar-refractivity contribution in [2.75, 3.05) is 39.1 Å². The van der Waals surface area contributed by atoms with Crippen LogP contribution in [-0.2, 0) is 0 Å². The van der Waals surface area contributed by atoms with Crippen LogP contribution in [0.1, 0.15) is 16.8 Å². The van der Waals surface area contributed by atoms with Crippen molar-refractivity contribution in [2.24, 2.45) is 5.73 Å². The Labute approximate surface area is 114 Å². The summed E-state index contributed by atoms with van der Waals surface area (Å²) in [5, 5.41) is 8.38. The first kappa shape index (κ1) is 14.8. The minimum atomic E-state index is 0.372. The van der Waals surface area contributed by atoms with Crippen LogP contribution in [0.4, 0.5) is 5.82 Å². The molecule has 1 aromatic heterocycles. The Kier molecular flexibility index (Phi) is 4.98. The first-order valence-corrected chi connectivity index (χ1v) is 6.25. The Hall–Kier alpha value is -1.27. The SMILES string of the molecule is Cc1nnc(N(C)CCN(C)C)c(C(N)=S)c1C. The second-order valence-corrected chi connectivity index (χ2v) is 5.14.